The van der Waals surface area contributed by atoms with Crippen molar-refractivity contribution < 1.29 is 9.47 Å². The van der Waals surface area contributed by atoms with Crippen molar-refractivity contribution in [2.24, 2.45) is 5.73 Å². The van der Waals surface area contributed by atoms with Crippen LogP contribution in [-0.4, -0.2) is 57.0 Å². The molecule has 1 unspecified atom stereocenters. The normalized spacial score (nSPS) is 23.1. The summed E-state index contributed by atoms with van der Waals surface area (Å²) in [6.45, 7) is 5.82. The first-order valence-electron chi connectivity index (χ1n) is 4.81. The Morgan fingerprint density at radius 2 is 1.92 bits per heavy atom. The van der Waals surface area contributed by atoms with Gasteiger partial charge in [0.2, 0.25) is 0 Å². The molecule has 4 heteroatoms. The topological polar surface area (TPSA) is 47.7 Å². The predicted molar refractivity (Wildman–Crippen MR) is 51.7 cm³/mol. The molecule has 0 aromatic rings. The fraction of sp³-hybridized carbons (Fsp3) is 1.00. The summed E-state index contributed by atoms with van der Waals surface area (Å²) in [5.41, 5.74) is 5.72. The van der Waals surface area contributed by atoms with Crippen LogP contribution in [-0.2, 0) is 9.47 Å². The first kappa shape index (κ1) is 10.9. The van der Waals surface area contributed by atoms with Crippen molar-refractivity contribution in [3.05, 3.63) is 0 Å². The predicted octanol–water partition coefficient (Wildman–Crippen LogP) is -0.319. The summed E-state index contributed by atoms with van der Waals surface area (Å²) in [5.74, 6) is 0. The summed E-state index contributed by atoms with van der Waals surface area (Å²) in [7, 11) is 2.06. The van der Waals surface area contributed by atoms with Crippen LogP contribution in [0.15, 0.2) is 0 Å². The minimum Gasteiger partial charge on any atom is -0.377 e. The Morgan fingerprint density at radius 3 is 2.38 bits per heavy atom. The molecule has 0 spiro atoms. The lowest BCUT2D eigenvalue weighted by molar-refractivity contribution is 0.0849. The van der Waals surface area contributed by atoms with Crippen molar-refractivity contribution in [3.8, 4) is 0 Å². The van der Waals surface area contributed by atoms with Crippen molar-refractivity contribution in [2.75, 3.05) is 40.0 Å². The summed E-state index contributed by atoms with van der Waals surface area (Å²) in [6, 6.07) is 0.557. The van der Waals surface area contributed by atoms with Gasteiger partial charge in [0.05, 0.1) is 32.5 Å². The van der Waals surface area contributed by atoms with E-state index in [4.69, 9.17) is 15.2 Å². The van der Waals surface area contributed by atoms with Gasteiger partial charge in [-0.2, -0.15) is 0 Å². The van der Waals surface area contributed by atoms with Crippen molar-refractivity contribution in [1.29, 1.82) is 0 Å². The Balaban J connectivity index is 2.30. The first-order valence-corrected chi connectivity index (χ1v) is 4.81. The second-order valence-electron chi connectivity index (χ2n) is 3.72. The number of hydrogen-bond donors (Lipinski definition) is 1. The maximum Gasteiger partial charge on any atom is 0.0701 e. The maximum absolute atomic E-state index is 5.72. The highest BCUT2D eigenvalue weighted by atomic mass is 16.5. The van der Waals surface area contributed by atoms with Gasteiger partial charge in [-0.1, -0.05) is 0 Å². The molecule has 1 atom stereocenters. The fourth-order valence-electron chi connectivity index (χ4n) is 1.46. The monoisotopic (exact) mass is 188 g/mol. The minimum absolute atomic E-state index is 0.202. The molecule has 0 aliphatic carbocycles. The zero-order valence-corrected chi connectivity index (χ0v) is 8.53. The van der Waals surface area contributed by atoms with Gasteiger partial charge in [0.15, 0.2) is 0 Å². The van der Waals surface area contributed by atoms with E-state index in [2.05, 4.69) is 11.9 Å². The highest BCUT2D eigenvalue weighted by molar-refractivity contribution is 4.72. The molecule has 0 aromatic carbocycles. The SMILES string of the molecule is CC(N)CN(C)C1COCCOC1. The summed E-state index contributed by atoms with van der Waals surface area (Å²) >= 11 is 0. The summed E-state index contributed by atoms with van der Waals surface area (Å²) in [5, 5.41) is 0. The molecule has 0 saturated carbocycles. The van der Waals surface area contributed by atoms with Gasteiger partial charge in [0.25, 0.3) is 0 Å². The standard InChI is InChI=1S/C9H20N2O2/c1-8(10)5-11(2)9-6-12-3-4-13-7-9/h8-9H,3-7,10H2,1-2H3. The molecule has 1 aliphatic rings. The van der Waals surface area contributed by atoms with Gasteiger partial charge in [-0.15, -0.1) is 0 Å². The average molecular weight is 188 g/mol. The molecule has 4 nitrogen and oxygen atoms in total. The van der Waals surface area contributed by atoms with Crippen molar-refractivity contribution in [2.45, 2.75) is 19.0 Å². The molecule has 0 aromatic heterocycles. The minimum atomic E-state index is 0.202. The molecule has 2 N–H and O–H groups in total. The van der Waals surface area contributed by atoms with Gasteiger partial charge in [-0.3, -0.25) is 4.90 Å². The summed E-state index contributed by atoms with van der Waals surface area (Å²) in [6.07, 6.45) is 0. The van der Waals surface area contributed by atoms with Crippen LogP contribution in [0.3, 0.4) is 0 Å². The molecule has 1 rings (SSSR count). The highest BCUT2D eigenvalue weighted by Crippen LogP contribution is 2.03. The zero-order chi connectivity index (χ0) is 9.68. The quantitative estimate of drug-likeness (QED) is 0.659. The van der Waals surface area contributed by atoms with Crippen LogP contribution in [0.25, 0.3) is 0 Å². The van der Waals surface area contributed by atoms with E-state index < -0.39 is 0 Å². The third-order valence-electron chi connectivity index (χ3n) is 2.19. The Morgan fingerprint density at radius 1 is 1.38 bits per heavy atom. The van der Waals surface area contributed by atoms with Crippen molar-refractivity contribution in [1.82, 2.24) is 4.90 Å². The van der Waals surface area contributed by atoms with E-state index in [1.165, 1.54) is 0 Å². The van der Waals surface area contributed by atoms with E-state index in [0.29, 0.717) is 19.3 Å². The Labute approximate surface area is 80.0 Å². The molecule has 1 fully saturated rings. The summed E-state index contributed by atoms with van der Waals surface area (Å²) < 4.78 is 10.8. The van der Waals surface area contributed by atoms with E-state index >= 15 is 0 Å². The van der Waals surface area contributed by atoms with Crippen LogP contribution in [0.2, 0.25) is 0 Å². The second kappa shape index (κ2) is 5.54. The zero-order valence-electron chi connectivity index (χ0n) is 8.53. The second-order valence-corrected chi connectivity index (χ2v) is 3.72. The van der Waals surface area contributed by atoms with Crippen LogP contribution in [0.5, 0.6) is 0 Å². The summed E-state index contributed by atoms with van der Waals surface area (Å²) in [4.78, 5) is 2.20. The number of nitrogens with zero attached hydrogens (tertiary/aromatic N) is 1. The maximum atomic E-state index is 5.72. The van der Waals surface area contributed by atoms with Gasteiger partial charge >= 0.3 is 0 Å². The lowest BCUT2D eigenvalue weighted by Gasteiger charge is -2.27. The molecule has 0 amide bonds. The molecule has 1 aliphatic heterocycles. The lowest BCUT2D eigenvalue weighted by atomic mass is 10.2. The molecular weight excluding hydrogens is 168 g/mol. The molecule has 78 valence electrons. The number of rotatable bonds is 3. The van der Waals surface area contributed by atoms with E-state index in [1.807, 2.05) is 6.92 Å². The van der Waals surface area contributed by atoms with Crippen LogP contribution >= 0.6 is 0 Å². The number of ether oxygens (including phenoxy) is 2. The van der Waals surface area contributed by atoms with Gasteiger partial charge in [0.1, 0.15) is 0 Å². The Hall–Kier alpha value is -0.160. The first-order chi connectivity index (χ1) is 6.20. The Kier molecular flexibility index (Phi) is 4.66. The van der Waals surface area contributed by atoms with E-state index in [9.17, 15) is 0 Å². The molecular formula is C9H20N2O2. The fourth-order valence-corrected chi connectivity index (χ4v) is 1.46. The lowest BCUT2D eigenvalue weighted by Crippen LogP contribution is -2.43. The van der Waals surface area contributed by atoms with Gasteiger partial charge in [0, 0.05) is 12.6 Å². The van der Waals surface area contributed by atoms with Crippen LogP contribution in [0.1, 0.15) is 6.92 Å². The van der Waals surface area contributed by atoms with Gasteiger partial charge < -0.3 is 15.2 Å². The third-order valence-corrected chi connectivity index (χ3v) is 2.19. The van der Waals surface area contributed by atoms with Crippen LogP contribution in [0, 0.1) is 0 Å². The molecule has 1 heterocycles. The van der Waals surface area contributed by atoms with Crippen LogP contribution in [0.4, 0.5) is 0 Å². The highest BCUT2D eigenvalue weighted by Gasteiger charge is 2.18. The van der Waals surface area contributed by atoms with E-state index in [1.54, 1.807) is 0 Å². The molecule has 1 saturated heterocycles. The van der Waals surface area contributed by atoms with Gasteiger partial charge in [-0.25, -0.2) is 0 Å². The molecule has 13 heavy (non-hydrogen) atoms. The number of hydrogen-bond acceptors (Lipinski definition) is 4. The molecule has 0 bridgehead atoms. The third kappa shape index (κ3) is 4.04. The Bertz CT molecular complexity index is 134. The smallest absolute Gasteiger partial charge is 0.0701 e. The number of likely N-dealkylation sites (N-methyl/N-ethyl adjacent to an activating group) is 1. The number of nitrogens with two attached hydrogens (primary N) is 1. The van der Waals surface area contributed by atoms with Crippen molar-refractivity contribution >= 4 is 0 Å². The van der Waals surface area contributed by atoms with Crippen LogP contribution < -0.4 is 5.73 Å². The average Bonchev–Trinajstić information content (AvgIpc) is 2.29. The van der Waals surface area contributed by atoms with Gasteiger partial charge in [-0.05, 0) is 14.0 Å². The van der Waals surface area contributed by atoms with E-state index in [-0.39, 0.29) is 6.04 Å². The molecule has 0 radical (unpaired) electrons. The largest absolute Gasteiger partial charge is 0.377 e. The van der Waals surface area contributed by atoms with E-state index in [0.717, 1.165) is 19.8 Å². The van der Waals surface area contributed by atoms with Crippen molar-refractivity contribution in [3.63, 3.8) is 0 Å².